The highest BCUT2D eigenvalue weighted by atomic mass is 32.2. The predicted octanol–water partition coefficient (Wildman–Crippen LogP) is 4.20. The molecular weight excluding hydrogens is 396 g/mol. The first-order valence-corrected chi connectivity index (χ1v) is 11.5. The van der Waals surface area contributed by atoms with Gasteiger partial charge in [-0.25, -0.2) is 8.42 Å². The quantitative estimate of drug-likeness (QED) is 0.575. The van der Waals surface area contributed by atoms with Gasteiger partial charge < -0.3 is 4.90 Å². The predicted molar refractivity (Wildman–Crippen MR) is 117 cm³/mol. The molecule has 0 aromatic heterocycles. The summed E-state index contributed by atoms with van der Waals surface area (Å²) in [5.41, 5.74) is 2.60. The molecule has 1 saturated heterocycles. The minimum atomic E-state index is -3.72. The highest BCUT2D eigenvalue weighted by molar-refractivity contribution is 7.89. The minimum Gasteiger partial charge on any atom is -0.312 e. The van der Waals surface area contributed by atoms with Crippen molar-refractivity contribution in [3.8, 4) is 0 Å². The number of anilines is 1. The molecule has 0 unspecified atom stereocenters. The highest BCUT2D eigenvalue weighted by Crippen LogP contribution is 2.26. The van der Waals surface area contributed by atoms with Gasteiger partial charge in [-0.05, 0) is 41.8 Å². The fourth-order valence-electron chi connectivity index (χ4n) is 3.67. The minimum absolute atomic E-state index is 0.0837. The highest BCUT2D eigenvalue weighted by Gasteiger charge is 2.26. The first-order valence-electron chi connectivity index (χ1n) is 10.0. The number of amides is 1. The van der Waals surface area contributed by atoms with Gasteiger partial charge in [0.05, 0.1) is 4.90 Å². The maximum Gasteiger partial charge on any atom is 0.243 e. The van der Waals surface area contributed by atoms with Crippen LogP contribution in [0.2, 0.25) is 0 Å². The van der Waals surface area contributed by atoms with Gasteiger partial charge in [0.1, 0.15) is 0 Å². The zero-order valence-corrected chi connectivity index (χ0v) is 17.5. The van der Waals surface area contributed by atoms with Gasteiger partial charge in [-0.2, -0.15) is 4.31 Å². The largest absolute Gasteiger partial charge is 0.312 e. The molecule has 0 radical (unpaired) electrons. The second-order valence-corrected chi connectivity index (χ2v) is 9.33. The van der Waals surface area contributed by atoms with Crippen LogP contribution in [0, 0.1) is 0 Å². The summed E-state index contributed by atoms with van der Waals surface area (Å²) < 4.78 is 28.5. The number of hydrogen-bond donors (Lipinski definition) is 0. The van der Waals surface area contributed by atoms with Crippen molar-refractivity contribution in [2.45, 2.75) is 30.8 Å². The molecule has 0 N–H and O–H groups in total. The molecule has 0 spiro atoms. The smallest absolute Gasteiger partial charge is 0.243 e. The molecule has 3 aromatic carbocycles. The number of sulfonamides is 1. The zero-order valence-electron chi connectivity index (χ0n) is 16.6. The second kappa shape index (κ2) is 8.81. The third kappa shape index (κ3) is 4.45. The molecule has 1 aliphatic heterocycles. The first kappa shape index (κ1) is 20.3. The average Bonchev–Trinajstić information content (AvgIpc) is 3.21. The van der Waals surface area contributed by atoms with E-state index in [0.717, 1.165) is 23.2 Å². The van der Waals surface area contributed by atoms with Gasteiger partial charge in [-0.1, -0.05) is 60.7 Å². The summed E-state index contributed by atoms with van der Waals surface area (Å²) in [6.45, 7) is 1.24. The van der Waals surface area contributed by atoms with Crippen molar-refractivity contribution in [1.82, 2.24) is 4.31 Å². The van der Waals surface area contributed by atoms with Gasteiger partial charge in [0.25, 0.3) is 0 Å². The van der Waals surface area contributed by atoms with Gasteiger partial charge >= 0.3 is 0 Å². The normalized spacial score (nSPS) is 14.4. The average molecular weight is 421 g/mol. The summed E-state index contributed by atoms with van der Waals surface area (Å²) in [6, 6.07) is 25.8. The van der Waals surface area contributed by atoms with Crippen LogP contribution in [0.1, 0.15) is 24.0 Å². The van der Waals surface area contributed by atoms with Gasteiger partial charge in [-0.3, -0.25) is 4.79 Å². The molecule has 1 heterocycles. The van der Waals surface area contributed by atoms with Crippen LogP contribution in [-0.4, -0.2) is 25.2 Å². The molecule has 6 heteroatoms. The lowest BCUT2D eigenvalue weighted by Crippen LogP contribution is -2.30. The van der Waals surface area contributed by atoms with Crippen molar-refractivity contribution in [3.05, 3.63) is 96.1 Å². The molecule has 0 bridgehead atoms. The van der Waals surface area contributed by atoms with Crippen LogP contribution in [0.15, 0.2) is 89.8 Å². The summed E-state index contributed by atoms with van der Waals surface area (Å²) in [7, 11) is -3.72. The summed E-state index contributed by atoms with van der Waals surface area (Å²) in [4.78, 5) is 13.9. The SMILES string of the molecule is O=C1CCCN1c1ccc(S(=O)(=O)N(Cc2ccccc2)Cc2ccccc2)cc1. The van der Waals surface area contributed by atoms with Gasteiger partial charge in [0.2, 0.25) is 15.9 Å². The van der Waals surface area contributed by atoms with E-state index in [1.165, 1.54) is 4.31 Å². The summed E-state index contributed by atoms with van der Waals surface area (Å²) in [5.74, 6) is 0.0837. The maximum atomic E-state index is 13.5. The Balaban J connectivity index is 1.63. The number of carbonyl (C=O) groups is 1. The number of carbonyl (C=O) groups excluding carboxylic acids is 1. The van der Waals surface area contributed by atoms with E-state index in [2.05, 4.69) is 0 Å². The third-order valence-electron chi connectivity index (χ3n) is 5.26. The van der Waals surface area contributed by atoms with E-state index >= 15 is 0 Å². The van der Waals surface area contributed by atoms with Crippen LogP contribution in [0.3, 0.4) is 0 Å². The Morgan fingerprint density at radius 3 is 1.77 bits per heavy atom. The summed E-state index contributed by atoms with van der Waals surface area (Å²) in [6.07, 6.45) is 1.38. The van der Waals surface area contributed by atoms with E-state index in [9.17, 15) is 13.2 Å². The standard InChI is InChI=1S/C24H24N2O3S/c27-24-12-7-17-26(24)22-13-15-23(16-14-22)30(28,29)25(18-20-8-3-1-4-9-20)19-21-10-5-2-6-11-21/h1-6,8-11,13-16H,7,12,17-19H2. The molecule has 0 aliphatic carbocycles. The Morgan fingerprint density at radius 1 is 0.767 bits per heavy atom. The first-order chi connectivity index (χ1) is 14.5. The molecule has 0 atom stereocenters. The molecule has 1 aliphatic rings. The Hall–Kier alpha value is -2.96. The van der Waals surface area contributed by atoms with Crippen LogP contribution < -0.4 is 4.90 Å². The van der Waals surface area contributed by atoms with Crippen molar-refractivity contribution in [2.24, 2.45) is 0 Å². The Labute approximate surface area is 177 Å². The molecule has 0 saturated carbocycles. The van der Waals surface area contributed by atoms with E-state index < -0.39 is 10.0 Å². The van der Waals surface area contributed by atoms with Gasteiger partial charge in [-0.15, -0.1) is 0 Å². The van der Waals surface area contributed by atoms with E-state index in [0.29, 0.717) is 13.0 Å². The lowest BCUT2D eigenvalue weighted by molar-refractivity contribution is -0.117. The Morgan fingerprint density at radius 2 is 1.30 bits per heavy atom. The molecule has 1 amide bonds. The van der Waals surface area contributed by atoms with Crippen LogP contribution in [0.4, 0.5) is 5.69 Å². The Bertz CT molecular complexity index is 1060. The Kier molecular flexibility index (Phi) is 5.97. The second-order valence-electron chi connectivity index (χ2n) is 7.39. The monoisotopic (exact) mass is 420 g/mol. The van der Waals surface area contributed by atoms with Crippen molar-refractivity contribution in [1.29, 1.82) is 0 Å². The molecule has 5 nitrogen and oxygen atoms in total. The molecule has 3 aromatic rings. The topological polar surface area (TPSA) is 57.7 Å². The number of rotatable bonds is 7. The number of nitrogens with zero attached hydrogens (tertiary/aromatic N) is 2. The van der Waals surface area contributed by atoms with E-state index in [-0.39, 0.29) is 23.9 Å². The van der Waals surface area contributed by atoms with Crippen molar-refractivity contribution < 1.29 is 13.2 Å². The van der Waals surface area contributed by atoms with Gasteiger partial charge in [0.15, 0.2) is 0 Å². The van der Waals surface area contributed by atoms with Crippen LogP contribution in [0.25, 0.3) is 0 Å². The van der Waals surface area contributed by atoms with Crippen LogP contribution >= 0.6 is 0 Å². The van der Waals surface area contributed by atoms with Crippen LogP contribution in [-0.2, 0) is 27.9 Å². The van der Waals surface area contributed by atoms with Crippen LogP contribution in [0.5, 0.6) is 0 Å². The molecular formula is C24H24N2O3S. The van der Waals surface area contributed by atoms with Crippen molar-refractivity contribution in [2.75, 3.05) is 11.4 Å². The number of benzene rings is 3. The van der Waals surface area contributed by atoms with E-state index in [1.54, 1.807) is 29.2 Å². The molecule has 30 heavy (non-hydrogen) atoms. The van der Waals surface area contributed by atoms with E-state index in [4.69, 9.17) is 0 Å². The fourth-order valence-corrected chi connectivity index (χ4v) is 5.08. The lowest BCUT2D eigenvalue weighted by Gasteiger charge is -2.23. The fraction of sp³-hybridized carbons (Fsp3) is 0.208. The van der Waals surface area contributed by atoms with Crippen molar-refractivity contribution in [3.63, 3.8) is 0 Å². The molecule has 4 rings (SSSR count). The lowest BCUT2D eigenvalue weighted by atomic mass is 10.2. The molecule has 1 fully saturated rings. The maximum absolute atomic E-state index is 13.5. The van der Waals surface area contributed by atoms with Gasteiger partial charge in [0, 0.05) is 31.7 Å². The number of hydrogen-bond acceptors (Lipinski definition) is 3. The van der Waals surface area contributed by atoms with Crippen molar-refractivity contribution >= 4 is 21.6 Å². The third-order valence-corrected chi connectivity index (χ3v) is 7.07. The van der Waals surface area contributed by atoms with E-state index in [1.807, 2.05) is 60.7 Å². The zero-order chi connectivity index (χ0) is 21.0. The molecule has 154 valence electrons. The summed E-state index contributed by atoms with van der Waals surface area (Å²) in [5, 5.41) is 0. The summed E-state index contributed by atoms with van der Waals surface area (Å²) >= 11 is 0.